The highest BCUT2D eigenvalue weighted by Crippen LogP contribution is 2.27. The Morgan fingerprint density at radius 1 is 1.29 bits per heavy atom. The highest BCUT2D eigenvalue weighted by molar-refractivity contribution is 5.96. The molecule has 1 aromatic carbocycles. The Bertz CT molecular complexity index is 492. The number of halogens is 1. The van der Waals surface area contributed by atoms with E-state index in [1.54, 1.807) is 6.92 Å². The Morgan fingerprint density at radius 3 is 2.67 bits per heavy atom. The number of amides is 1. The van der Waals surface area contributed by atoms with E-state index in [4.69, 9.17) is 14.2 Å². The number of alkyl halides is 1. The van der Waals surface area contributed by atoms with Crippen molar-refractivity contribution >= 4 is 11.9 Å². The Hall–Kier alpha value is -2.31. The zero-order chi connectivity index (χ0) is 15.7. The highest BCUT2D eigenvalue weighted by Gasteiger charge is 2.12. The summed E-state index contributed by atoms with van der Waals surface area (Å²) in [5, 5.41) is 2.43. The number of carbonyl (C=O) groups excluding carboxylic acids is 2. The van der Waals surface area contributed by atoms with E-state index in [9.17, 15) is 14.0 Å². The number of hydrogen-bond acceptors (Lipinski definition) is 5. The first-order chi connectivity index (χ1) is 10.1. The van der Waals surface area contributed by atoms with Crippen molar-refractivity contribution in [3.63, 3.8) is 0 Å². The molecule has 1 amide bonds. The first kappa shape index (κ1) is 16.7. The molecule has 6 nitrogen and oxygen atoms in total. The van der Waals surface area contributed by atoms with Crippen LogP contribution in [0.1, 0.15) is 17.3 Å². The maximum atomic E-state index is 12.1. The van der Waals surface area contributed by atoms with Crippen molar-refractivity contribution in [1.82, 2.24) is 5.32 Å². The summed E-state index contributed by atoms with van der Waals surface area (Å²) >= 11 is 0. The maximum absolute atomic E-state index is 12.1. The maximum Gasteiger partial charge on any atom is 0.325 e. The highest BCUT2D eigenvalue weighted by atomic mass is 19.1. The van der Waals surface area contributed by atoms with Gasteiger partial charge in [-0.2, -0.15) is 0 Å². The summed E-state index contributed by atoms with van der Waals surface area (Å²) in [6.07, 6.45) is 0. The van der Waals surface area contributed by atoms with Gasteiger partial charge in [-0.1, -0.05) is 0 Å². The number of nitrogens with one attached hydrogen (secondary N) is 1. The normalized spacial score (nSPS) is 9.86. The lowest BCUT2D eigenvalue weighted by molar-refractivity contribution is -0.141. The molecule has 0 atom stereocenters. The lowest BCUT2D eigenvalue weighted by atomic mass is 10.2. The molecule has 1 aromatic rings. The average Bonchev–Trinajstić information content (AvgIpc) is 2.50. The molecule has 0 fully saturated rings. The molecule has 1 rings (SSSR count). The molecule has 0 unspecified atom stereocenters. The number of carbonyl (C=O) groups is 2. The molecule has 0 radical (unpaired) electrons. The van der Waals surface area contributed by atoms with Crippen molar-refractivity contribution in [3.05, 3.63) is 23.8 Å². The lowest BCUT2D eigenvalue weighted by Gasteiger charge is -2.11. The summed E-state index contributed by atoms with van der Waals surface area (Å²) in [5.41, 5.74) is 0.295. The van der Waals surface area contributed by atoms with Crippen LogP contribution in [0, 0.1) is 0 Å². The summed E-state index contributed by atoms with van der Waals surface area (Å²) in [5.74, 6) is -0.302. The van der Waals surface area contributed by atoms with Gasteiger partial charge in [-0.05, 0) is 25.1 Å². The zero-order valence-corrected chi connectivity index (χ0v) is 12.0. The fourth-order valence-corrected chi connectivity index (χ4v) is 1.54. The lowest BCUT2D eigenvalue weighted by Crippen LogP contribution is -2.30. The third kappa shape index (κ3) is 5.29. The molecule has 0 aliphatic carbocycles. The first-order valence-corrected chi connectivity index (χ1v) is 6.43. The van der Waals surface area contributed by atoms with Gasteiger partial charge in [-0.25, -0.2) is 4.39 Å². The van der Waals surface area contributed by atoms with Gasteiger partial charge in [0.1, 0.15) is 19.8 Å². The average molecular weight is 299 g/mol. The van der Waals surface area contributed by atoms with Gasteiger partial charge >= 0.3 is 5.97 Å². The van der Waals surface area contributed by atoms with E-state index in [-0.39, 0.29) is 19.8 Å². The molecule has 0 bridgehead atoms. The van der Waals surface area contributed by atoms with Gasteiger partial charge in [0.25, 0.3) is 5.91 Å². The van der Waals surface area contributed by atoms with Crippen molar-refractivity contribution in [2.75, 3.05) is 33.5 Å². The largest absolute Gasteiger partial charge is 0.493 e. The molecular formula is C14H18FNO5. The van der Waals surface area contributed by atoms with Gasteiger partial charge in [0.15, 0.2) is 11.5 Å². The van der Waals surface area contributed by atoms with Crippen LogP contribution in [0.2, 0.25) is 0 Å². The van der Waals surface area contributed by atoms with Crippen molar-refractivity contribution < 1.29 is 28.2 Å². The van der Waals surface area contributed by atoms with Crippen LogP contribution in [0.3, 0.4) is 0 Å². The second-order valence-electron chi connectivity index (χ2n) is 3.89. The first-order valence-electron chi connectivity index (χ1n) is 6.43. The van der Waals surface area contributed by atoms with E-state index in [0.29, 0.717) is 17.1 Å². The number of esters is 1. The molecule has 7 heteroatoms. The summed E-state index contributed by atoms with van der Waals surface area (Å²) in [6, 6.07) is 4.46. The second kappa shape index (κ2) is 8.78. The van der Waals surface area contributed by atoms with Crippen LogP contribution in [0.15, 0.2) is 18.2 Å². The molecule has 1 N–H and O–H groups in total. The molecule has 0 saturated carbocycles. The van der Waals surface area contributed by atoms with E-state index < -0.39 is 18.6 Å². The Labute approximate surface area is 122 Å². The predicted octanol–water partition coefficient (Wildman–Crippen LogP) is 1.34. The minimum Gasteiger partial charge on any atom is -0.493 e. The molecule has 0 aromatic heterocycles. The number of hydrogen-bond donors (Lipinski definition) is 1. The van der Waals surface area contributed by atoms with Crippen LogP contribution in [0.5, 0.6) is 11.5 Å². The van der Waals surface area contributed by atoms with Crippen molar-refractivity contribution in [3.8, 4) is 11.5 Å². The van der Waals surface area contributed by atoms with E-state index >= 15 is 0 Å². The summed E-state index contributed by atoms with van der Waals surface area (Å²) in [4.78, 5) is 23.0. The van der Waals surface area contributed by atoms with Gasteiger partial charge in [0.2, 0.25) is 0 Å². The number of rotatable bonds is 8. The molecule has 21 heavy (non-hydrogen) atoms. The van der Waals surface area contributed by atoms with Crippen molar-refractivity contribution in [2.24, 2.45) is 0 Å². The minimum atomic E-state index is -0.620. The van der Waals surface area contributed by atoms with Crippen molar-refractivity contribution in [2.45, 2.75) is 6.92 Å². The quantitative estimate of drug-likeness (QED) is 0.733. The second-order valence-corrected chi connectivity index (χ2v) is 3.89. The van der Waals surface area contributed by atoms with E-state index in [1.807, 2.05) is 0 Å². The van der Waals surface area contributed by atoms with E-state index in [0.717, 1.165) is 0 Å². The fraction of sp³-hybridized carbons (Fsp3) is 0.429. The van der Waals surface area contributed by atoms with E-state index in [1.165, 1.54) is 25.3 Å². The molecule has 116 valence electrons. The Morgan fingerprint density at radius 2 is 2.05 bits per heavy atom. The van der Waals surface area contributed by atoms with Crippen molar-refractivity contribution in [1.29, 1.82) is 0 Å². The number of methoxy groups -OCH3 is 1. The van der Waals surface area contributed by atoms with Crippen LogP contribution < -0.4 is 14.8 Å². The van der Waals surface area contributed by atoms with Gasteiger partial charge in [0, 0.05) is 5.56 Å². The minimum absolute atomic E-state index is 0.0925. The third-order valence-electron chi connectivity index (χ3n) is 2.46. The molecule has 0 spiro atoms. The third-order valence-corrected chi connectivity index (χ3v) is 2.46. The summed E-state index contributed by atoms with van der Waals surface area (Å²) < 4.78 is 27.0. The van der Waals surface area contributed by atoms with Crippen LogP contribution >= 0.6 is 0 Å². The summed E-state index contributed by atoms with van der Waals surface area (Å²) in [7, 11) is 1.41. The van der Waals surface area contributed by atoms with Crippen LogP contribution in [0.25, 0.3) is 0 Å². The molecule has 0 saturated heterocycles. The zero-order valence-electron chi connectivity index (χ0n) is 12.0. The Balaban J connectivity index is 2.70. The molecule has 0 aliphatic heterocycles. The van der Waals surface area contributed by atoms with Gasteiger partial charge in [-0.15, -0.1) is 0 Å². The van der Waals surface area contributed by atoms with E-state index in [2.05, 4.69) is 5.32 Å². The monoisotopic (exact) mass is 299 g/mol. The standard InChI is InChI=1S/C14H18FNO5/c1-3-20-13(17)9-16-14(18)10-4-5-11(21-7-6-15)12(8-10)19-2/h4-5,8H,3,6-7,9H2,1-2H3,(H,16,18). The number of benzene rings is 1. The SMILES string of the molecule is CCOC(=O)CNC(=O)c1ccc(OCCF)c(OC)c1. The summed E-state index contributed by atoms with van der Waals surface area (Å²) in [6.45, 7) is 1.01. The predicted molar refractivity (Wildman–Crippen MR) is 73.4 cm³/mol. The van der Waals surface area contributed by atoms with Crippen LogP contribution in [-0.2, 0) is 9.53 Å². The molecular weight excluding hydrogens is 281 g/mol. The smallest absolute Gasteiger partial charge is 0.325 e. The fourth-order valence-electron chi connectivity index (χ4n) is 1.54. The Kier molecular flexibility index (Phi) is 7.00. The molecule has 0 aliphatic rings. The van der Waals surface area contributed by atoms with Crippen LogP contribution in [-0.4, -0.2) is 45.4 Å². The molecule has 0 heterocycles. The van der Waals surface area contributed by atoms with Gasteiger partial charge < -0.3 is 19.5 Å². The topological polar surface area (TPSA) is 73.9 Å². The van der Waals surface area contributed by atoms with Gasteiger partial charge in [-0.3, -0.25) is 9.59 Å². The number of ether oxygens (including phenoxy) is 3. The van der Waals surface area contributed by atoms with Crippen LogP contribution in [0.4, 0.5) is 4.39 Å². The van der Waals surface area contributed by atoms with Gasteiger partial charge in [0.05, 0.1) is 13.7 Å².